The molecular weight excluding hydrogens is 604 g/mol. The van der Waals surface area contributed by atoms with Gasteiger partial charge in [0.1, 0.15) is 17.0 Å². The summed E-state index contributed by atoms with van der Waals surface area (Å²) in [6.07, 6.45) is 1.35. The molecule has 1 aliphatic rings. The first-order chi connectivity index (χ1) is 18.1. The summed E-state index contributed by atoms with van der Waals surface area (Å²) in [5.41, 5.74) is -0.254. The predicted octanol–water partition coefficient (Wildman–Crippen LogP) is 4.42. The summed E-state index contributed by atoms with van der Waals surface area (Å²) in [4.78, 5) is 53.0. The lowest BCUT2D eigenvalue weighted by molar-refractivity contribution is -0.114. The second-order valence-corrected chi connectivity index (χ2v) is 10.5. The lowest BCUT2D eigenvalue weighted by Gasteiger charge is -2.22. The van der Waals surface area contributed by atoms with E-state index >= 15 is 0 Å². The number of aromatic nitrogens is 3. The van der Waals surface area contributed by atoms with Crippen molar-refractivity contribution >= 4 is 56.6 Å². The molecule has 4 aromatic rings. The summed E-state index contributed by atoms with van der Waals surface area (Å²) in [6, 6.07) is 11.0. The van der Waals surface area contributed by atoms with Gasteiger partial charge in [-0.05, 0) is 85.7 Å². The number of hydrogen-bond donors (Lipinski definition) is 2. The third-order valence-electron chi connectivity index (χ3n) is 6.56. The molecule has 1 fully saturated rings. The Labute approximate surface area is 230 Å². The van der Waals surface area contributed by atoms with Crippen molar-refractivity contribution in [1.29, 1.82) is 0 Å². The van der Waals surface area contributed by atoms with Gasteiger partial charge in [-0.1, -0.05) is 6.07 Å². The summed E-state index contributed by atoms with van der Waals surface area (Å²) in [5.74, 6) is -0.709. The first-order valence-corrected chi connectivity index (χ1v) is 13.2. The molecule has 0 spiro atoms. The molecule has 9 nitrogen and oxygen atoms in total. The van der Waals surface area contributed by atoms with Crippen LogP contribution >= 0.6 is 22.6 Å². The summed E-state index contributed by atoms with van der Waals surface area (Å²) in [7, 11) is 0. The molecule has 196 valence electrons. The highest BCUT2D eigenvalue weighted by atomic mass is 127. The van der Waals surface area contributed by atoms with Crippen LogP contribution in [0, 0.1) is 16.3 Å². The van der Waals surface area contributed by atoms with Crippen LogP contribution in [0.4, 0.5) is 21.6 Å². The van der Waals surface area contributed by atoms with Crippen LogP contribution in [-0.2, 0) is 11.3 Å². The molecule has 0 radical (unpaired) electrons. The molecule has 0 aliphatic heterocycles. The Balaban J connectivity index is 1.93. The van der Waals surface area contributed by atoms with Crippen molar-refractivity contribution < 1.29 is 9.18 Å². The van der Waals surface area contributed by atoms with Gasteiger partial charge in [0.2, 0.25) is 5.91 Å². The van der Waals surface area contributed by atoms with Gasteiger partial charge in [0, 0.05) is 34.3 Å². The van der Waals surface area contributed by atoms with E-state index in [0.717, 1.165) is 0 Å². The van der Waals surface area contributed by atoms with Gasteiger partial charge in [0.15, 0.2) is 0 Å². The summed E-state index contributed by atoms with van der Waals surface area (Å²) in [5, 5.41) is 5.80. The first kappa shape index (κ1) is 25.9. The van der Waals surface area contributed by atoms with E-state index in [1.807, 2.05) is 22.6 Å². The van der Waals surface area contributed by atoms with Crippen molar-refractivity contribution in [3.05, 3.63) is 88.6 Å². The van der Waals surface area contributed by atoms with E-state index in [-0.39, 0.29) is 46.5 Å². The molecule has 0 bridgehead atoms. The first-order valence-electron chi connectivity index (χ1n) is 12.2. The van der Waals surface area contributed by atoms with Crippen molar-refractivity contribution in [2.24, 2.45) is 0 Å². The molecule has 1 aliphatic carbocycles. The molecule has 11 heteroatoms. The highest BCUT2D eigenvalue weighted by Crippen LogP contribution is 2.34. The second-order valence-electron chi connectivity index (χ2n) is 9.25. The fraction of sp³-hybridized carbons (Fsp3) is 0.259. The number of hydrogen-bond acceptors (Lipinski definition) is 5. The quantitative estimate of drug-likeness (QED) is 0.307. The SMILES string of the molecule is CCn1c(Nc2ccc(I)cc2F)c2c(=O)n(C3CC3)c(=O)n(-c3cccc(NC(C)=O)c3)c2c(C)c1=O. The average Bonchev–Trinajstić information content (AvgIpc) is 3.69. The minimum atomic E-state index is -0.576. The minimum Gasteiger partial charge on any atom is -0.338 e. The number of anilines is 3. The molecule has 1 amide bonds. The summed E-state index contributed by atoms with van der Waals surface area (Å²) >= 11 is 2.00. The molecule has 38 heavy (non-hydrogen) atoms. The van der Waals surface area contributed by atoms with Gasteiger partial charge < -0.3 is 10.6 Å². The third kappa shape index (κ3) is 4.44. The normalized spacial score (nSPS) is 13.1. The number of pyridine rings is 1. The van der Waals surface area contributed by atoms with Crippen LogP contribution in [0.3, 0.4) is 0 Å². The zero-order chi connectivity index (χ0) is 27.3. The molecule has 5 rings (SSSR count). The maximum absolute atomic E-state index is 14.9. The number of carbonyl (C=O) groups excluding carboxylic acids is 1. The zero-order valence-corrected chi connectivity index (χ0v) is 23.1. The Morgan fingerprint density at radius 1 is 1.11 bits per heavy atom. The van der Waals surface area contributed by atoms with Crippen LogP contribution in [0.25, 0.3) is 16.6 Å². The Morgan fingerprint density at radius 3 is 2.47 bits per heavy atom. The fourth-order valence-electron chi connectivity index (χ4n) is 4.70. The van der Waals surface area contributed by atoms with Gasteiger partial charge in [-0.25, -0.2) is 9.18 Å². The second kappa shape index (κ2) is 9.86. The number of benzene rings is 2. The third-order valence-corrected chi connectivity index (χ3v) is 7.23. The Hall–Kier alpha value is -3.74. The summed E-state index contributed by atoms with van der Waals surface area (Å²) < 4.78 is 19.5. The molecule has 2 N–H and O–H groups in total. The lowest BCUT2D eigenvalue weighted by atomic mass is 10.1. The van der Waals surface area contributed by atoms with Gasteiger partial charge in [-0.15, -0.1) is 0 Å². The topological polar surface area (TPSA) is 107 Å². The maximum atomic E-state index is 14.9. The number of rotatable bonds is 6. The number of nitrogens with zero attached hydrogens (tertiary/aromatic N) is 3. The van der Waals surface area contributed by atoms with Gasteiger partial charge in [-0.3, -0.25) is 28.1 Å². The summed E-state index contributed by atoms with van der Waals surface area (Å²) in [6.45, 7) is 4.92. The van der Waals surface area contributed by atoms with Crippen molar-refractivity contribution in [3.8, 4) is 5.69 Å². The molecular formula is C27H25FIN5O4. The van der Waals surface area contributed by atoms with Crippen molar-refractivity contribution in [1.82, 2.24) is 13.7 Å². The van der Waals surface area contributed by atoms with Crippen molar-refractivity contribution in [2.75, 3.05) is 10.6 Å². The van der Waals surface area contributed by atoms with Crippen LogP contribution < -0.4 is 27.4 Å². The van der Waals surface area contributed by atoms with Gasteiger partial charge in [0.05, 0.1) is 16.9 Å². The monoisotopic (exact) mass is 629 g/mol. The van der Waals surface area contributed by atoms with Gasteiger partial charge in [0.25, 0.3) is 11.1 Å². The molecule has 2 aromatic heterocycles. The van der Waals surface area contributed by atoms with Gasteiger partial charge >= 0.3 is 5.69 Å². The van der Waals surface area contributed by atoms with E-state index in [1.165, 1.54) is 26.7 Å². The fourth-order valence-corrected chi connectivity index (χ4v) is 5.16. The van der Waals surface area contributed by atoms with Gasteiger partial charge in [-0.2, -0.15) is 0 Å². The number of carbonyl (C=O) groups is 1. The van der Waals surface area contributed by atoms with Crippen LogP contribution in [-0.4, -0.2) is 19.6 Å². The highest BCUT2D eigenvalue weighted by molar-refractivity contribution is 14.1. The van der Waals surface area contributed by atoms with E-state index in [2.05, 4.69) is 10.6 Å². The lowest BCUT2D eigenvalue weighted by Crippen LogP contribution is -2.41. The Bertz CT molecular complexity index is 1800. The molecule has 0 unspecified atom stereocenters. The van der Waals surface area contributed by atoms with E-state index in [9.17, 15) is 23.6 Å². The van der Waals surface area contributed by atoms with Crippen LogP contribution in [0.5, 0.6) is 0 Å². The predicted molar refractivity (Wildman–Crippen MR) is 153 cm³/mol. The highest BCUT2D eigenvalue weighted by Gasteiger charge is 2.32. The molecule has 0 atom stereocenters. The number of aryl methyl sites for hydroxylation is 1. The zero-order valence-electron chi connectivity index (χ0n) is 21.0. The number of nitrogens with one attached hydrogen (secondary N) is 2. The Kier molecular flexibility index (Phi) is 6.72. The smallest absolute Gasteiger partial charge is 0.336 e. The number of amides is 1. The Morgan fingerprint density at radius 2 is 1.84 bits per heavy atom. The van der Waals surface area contributed by atoms with E-state index in [4.69, 9.17) is 0 Å². The largest absolute Gasteiger partial charge is 0.338 e. The van der Waals surface area contributed by atoms with E-state index < -0.39 is 22.6 Å². The van der Waals surface area contributed by atoms with Crippen molar-refractivity contribution in [3.63, 3.8) is 0 Å². The van der Waals surface area contributed by atoms with Crippen molar-refractivity contribution in [2.45, 2.75) is 46.2 Å². The molecule has 0 saturated heterocycles. The van der Waals surface area contributed by atoms with Crippen LogP contribution in [0.2, 0.25) is 0 Å². The standard InChI is InChI=1S/C27H25FIN5O4/c1-4-32-24(31-21-11-8-16(29)12-20(21)28)22-23(14(2)25(32)36)33(27(38)34(26(22)37)18-9-10-18)19-7-5-6-17(13-19)30-15(3)35/h5-8,11-13,18,31H,4,9-10H2,1-3H3,(H,30,35). The molecule has 2 aromatic carbocycles. The minimum absolute atomic E-state index is 0.0972. The average molecular weight is 629 g/mol. The van der Waals surface area contributed by atoms with Crippen LogP contribution in [0.1, 0.15) is 38.3 Å². The van der Waals surface area contributed by atoms with E-state index in [1.54, 1.807) is 50.2 Å². The maximum Gasteiger partial charge on any atom is 0.336 e. The number of halogens is 2. The molecule has 2 heterocycles. The van der Waals surface area contributed by atoms with Crippen LogP contribution in [0.15, 0.2) is 56.8 Å². The number of fused-ring (bicyclic) bond motifs is 1. The van der Waals surface area contributed by atoms with E-state index in [0.29, 0.717) is 27.8 Å². The molecule has 1 saturated carbocycles.